The number of ether oxygens (including phenoxy) is 1. The number of hydrogen-bond donors (Lipinski definition) is 1. The number of amides is 1. The number of piperidine rings is 1. The van der Waals surface area contributed by atoms with Crippen molar-refractivity contribution in [3.8, 4) is 0 Å². The van der Waals surface area contributed by atoms with Gasteiger partial charge in [0.05, 0.1) is 0 Å². The van der Waals surface area contributed by atoms with Crippen molar-refractivity contribution in [2.45, 2.75) is 38.3 Å². The van der Waals surface area contributed by atoms with E-state index in [4.69, 9.17) is 4.74 Å². The van der Waals surface area contributed by atoms with Crippen molar-refractivity contribution < 1.29 is 13.9 Å². The molecular weight excluding hydrogens is 295 g/mol. The van der Waals surface area contributed by atoms with Gasteiger partial charge in [-0.3, -0.25) is 9.69 Å². The van der Waals surface area contributed by atoms with Gasteiger partial charge in [0.25, 0.3) is 0 Å². The summed E-state index contributed by atoms with van der Waals surface area (Å²) in [5.74, 6) is -0.186. The van der Waals surface area contributed by atoms with Crippen LogP contribution in [0.3, 0.4) is 0 Å². The normalized spacial score (nSPS) is 23.5. The first-order chi connectivity index (χ1) is 11.1. The quantitative estimate of drug-likeness (QED) is 0.905. The Morgan fingerprint density at radius 1 is 1.39 bits per heavy atom. The van der Waals surface area contributed by atoms with E-state index < -0.39 is 0 Å². The zero-order valence-corrected chi connectivity index (χ0v) is 13.7. The van der Waals surface area contributed by atoms with Crippen LogP contribution in [0.4, 0.5) is 4.39 Å². The smallest absolute Gasteiger partial charge is 0.246 e. The largest absolute Gasteiger partial charge is 0.375 e. The molecule has 1 N–H and O–H groups in total. The van der Waals surface area contributed by atoms with Crippen LogP contribution in [-0.2, 0) is 16.1 Å². The van der Waals surface area contributed by atoms with E-state index >= 15 is 0 Å². The van der Waals surface area contributed by atoms with Crippen molar-refractivity contribution in [1.29, 1.82) is 0 Å². The van der Waals surface area contributed by atoms with Gasteiger partial charge in [0.15, 0.2) is 0 Å². The predicted octanol–water partition coefficient (Wildman–Crippen LogP) is 2.33. The molecule has 0 radical (unpaired) electrons. The molecule has 1 unspecified atom stereocenters. The number of nitrogens with one attached hydrogen (secondary N) is 1. The first-order valence-corrected chi connectivity index (χ1v) is 8.36. The fourth-order valence-electron chi connectivity index (χ4n) is 3.94. The van der Waals surface area contributed by atoms with Crippen LogP contribution in [0.2, 0.25) is 0 Å². The molecule has 1 heterocycles. The molecule has 1 saturated heterocycles. The van der Waals surface area contributed by atoms with E-state index in [9.17, 15) is 9.18 Å². The number of carbonyl (C=O) groups is 1. The second-order valence-corrected chi connectivity index (χ2v) is 6.86. The second-order valence-electron chi connectivity index (χ2n) is 6.86. The van der Waals surface area contributed by atoms with Gasteiger partial charge in [-0.2, -0.15) is 0 Å². The van der Waals surface area contributed by atoms with E-state index in [0.29, 0.717) is 6.04 Å². The van der Waals surface area contributed by atoms with Gasteiger partial charge in [0.2, 0.25) is 5.91 Å². The van der Waals surface area contributed by atoms with E-state index in [1.165, 1.54) is 12.5 Å². The maximum atomic E-state index is 13.3. The number of nitrogens with zero attached hydrogens (tertiary/aromatic N) is 1. The number of rotatable bonds is 5. The molecular formula is C18H25FN2O2. The average Bonchev–Trinajstić information content (AvgIpc) is 2.53. The summed E-state index contributed by atoms with van der Waals surface area (Å²) in [5, 5.41) is 3.12. The fraction of sp³-hybridized carbons (Fsp3) is 0.611. The van der Waals surface area contributed by atoms with Gasteiger partial charge < -0.3 is 10.1 Å². The molecule has 3 rings (SSSR count). The molecule has 2 aliphatic rings. The van der Waals surface area contributed by atoms with Crippen molar-refractivity contribution in [1.82, 2.24) is 10.2 Å². The van der Waals surface area contributed by atoms with E-state index in [-0.39, 0.29) is 23.7 Å². The summed E-state index contributed by atoms with van der Waals surface area (Å²) in [7, 11) is 1.54. The molecule has 1 spiro atoms. The molecule has 1 atom stereocenters. The van der Waals surface area contributed by atoms with Gasteiger partial charge in [-0.1, -0.05) is 12.1 Å². The second kappa shape index (κ2) is 6.97. The van der Waals surface area contributed by atoms with Crippen molar-refractivity contribution in [3.63, 3.8) is 0 Å². The van der Waals surface area contributed by atoms with Crippen molar-refractivity contribution >= 4 is 5.91 Å². The highest BCUT2D eigenvalue weighted by molar-refractivity contribution is 5.77. The van der Waals surface area contributed by atoms with Crippen molar-refractivity contribution in [3.05, 3.63) is 35.6 Å². The summed E-state index contributed by atoms with van der Waals surface area (Å²) in [5.41, 5.74) is 1.29. The third kappa shape index (κ3) is 3.72. The Balaban J connectivity index is 1.51. The SMILES string of the molecule is COCC(=O)NC1CCC12CCN(Cc1cccc(F)c1)CC2. The van der Waals surface area contributed by atoms with Crippen molar-refractivity contribution in [2.24, 2.45) is 5.41 Å². The molecule has 1 aliphatic carbocycles. The van der Waals surface area contributed by atoms with E-state index in [0.717, 1.165) is 44.5 Å². The van der Waals surface area contributed by atoms with Crippen LogP contribution < -0.4 is 5.32 Å². The summed E-state index contributed by atoms with van der Waals surface area (Å²) in [6.07, 6.45) is 4.46. The maximum Gasteiger partial charge on any atom is 0.246 e. The Labute approximate surface area is 137 Å². The van der Waals surface area contributed by atoms with Crippen LogP contribution >= 0.6 is 0 Å². The van der Waals surface area contributed by atoms with Gasteiger partial charge in [0, 0.05) is 19.7 Å². The lowest BCUT2D eigenvalue weighted by molar-refractivity contribution is -0.129. The topological polar surface area (TPSA) is 41.6 Å². The molecule has 1 aromatic carbocycles. The number of benzene rings is 1. The maximum absolute atomic E-state index is 13.3. The van der Waals surface area contributed by atoms with Gasteiger partial charge in [0.1, 0.15) is 12.4 Å². The Kier molecular flexibility index (Phi) is 4.97. The zero-order chi connectivity index (χ0) is 16.3. The minimum absolute atomic E-state index is 0.0150. The van der Waals surface area contributed by atoms with E-state index in [1.54, 1.807) is 19.2 Å². The zero-order valence-electron chi connectivity index (χ0n) is 13.7. The lowest BCUT2D eigenvalue weighted by atomic mass is 9.59. The third-order valence-corrected chi connectivity index (χ3v) is 5.43. The lowest BCUT2D eigenvalue weighted by Gasteiger charge is -2.54. The van der Waals surface area contributed by atoms with Crippen LogP contribution in [0.1, 0.15) is 31.2 Å². The number of carbonyl (C=O) groups excluding carboxylic acids is 1. The molecule has 5 heteroatoms. The lowest BCUT2D eigenvalue weighted by Crippen LogP contribution is -2.59. The van der Waals surface area contributed by atoms with Crippen LogP contribution in [0.25, 0.3) is 0 Å². The van der Waals surface area contributed by atoms with Crippen LogP contribution in [0, 0.1) is 11.2 Å². The molecule has 126 valence electrons. The van der Waals surface area contributed by atoms with Crippen LogP contribution in [0.5, 0.6) is 0 Å². The predicted molar refractivity (Wildman–Crippen MR) is 86.4 cm³/mol. The first-order valence-electron chi connectivity index (χ1n) is 8.36. The molecule has 23 heavy (non-hydrogen) atoms. The Morgan fingerprint density at radius 2 is 2.17 bits per heavy atom. The average molecular weight is 320 g/mol. The number of methoxy groups -OCH3 is 1. The van der Waals surface area contributed by atoms with Crippen molar-refractivity contribution in [2.75, 3.05) is 26.8 Å². The van der Waals surface area contributed by atoms with Gasteiger partial charge in [-0.05, 0) is 61.9 Å². The van der Waals surface area contributed by atoms with Crippen LogP contribution in [-0.4, -0.2) is 43.7 Å². The molecule has 0 aromatic heterocycles. The highest BCUT2D eigenvalue weighted by atomic mass is 19.1. The minimum atomic E-state index is -0.170. The molecule has 2 fully saturated rings. The van der Waals surface area contributed by atoms with Gasteiger partial charge >= 0.3 is 0 Å². The summed E-state index contributed by atoms with van der Waals surface area (Å²) in [6.45, 7) is 2.95. The van der Waals surface area contributed by atoms with E-state index in [2.05, 4.69) is 10.2 Å². The monoisotopic (exact) mass is 320 g/mol. The van der Waals surface area contributed by atoms with Crippen LogP contribution in [0.15, 0.2) is 24.3 Å². The molecule has 1 saturated carbocycles. The number of hydrogen-bond acceptors (Lipinski definition) is 3. The Bertz CT molecular complexity index is 556. The summed E-state index contributed by atoms with van der Waals surface area (Å²) in [6, 6.07) is 7.13. The third-order valence-electron chi connectivity index (χ3n) is 5.43. The molecule has 1 aliphatic heterocycles. The van der Waals surface area contributed by atoms with Gasteiger partial charge in [-0.25, -0.2) is 4.39 Å². The molecule has 1 amide bonds. The van der Waals surface area contributed by atoms with E-state index in [1.807, 2.05) is 6.07 Å². The molecule has 4 nitrogen and oxygen atoms in total. The summed E-state index contributed by atoms with van der Waals surface area (Å²) < 4.78 is 18.2. The minimum Gasteiger partial charge on any atom is -0.375 e. The number of likely N-dealkylation sites (tertiary alicyclic amines) is 1. The summed E-state index contributed by atoms with van der Waals surface area (Å²) >= 11 is 0. The Hall–Kier alpha value is -1.46. The van der Waals surface area contributed by atoms with Gasteiger partial charge in [-0.15, -0.1) is 0 Å². The Morgan fingerprint density at radius 3 is 2.78 bits per heavy atom. The molecule has 0 bridgehead atoms. The highest BCUT2D eigenvalue weighted by Gasteiger charge is 2.48. The summed E-state index contributed by atoms with van der Waals surface area (Å²) in [4.78, 5) is 14.1. The number of halogens is 1. The highest BCUT2D eigenvalue weighted by Crippen LogP contribution is 2.49. The standard InChI is InChI=1S/C18H25FN2O2/c1-23-13-17(22)20-16-5-6-18(16)7-9-21(10-8-18)12-14-3-2-4-15(19)11-14/h2-4,11,16H,5-10,12-13H2,1H3,(H,20,22). The fourth-order valence-corrected chi connectivity index (χ4v) is 3.94. The first kappa shape index (κ1) is 16.4. The molecule has 1 aromatic rings.